The number of carbonyl (C=O) groups excluding carboxylic acids is 7. The maximum absolute atomic E-state index is 13.2. The molecule has 0 spiro atoms. The molecule has 1 heterocycles. The fraction of sp³-hybridized carbons (Fsp3) is 0.543. The Morgan fingerprint density at radius 2 is 1.39 bits per heavy atom. The summed E-state index contributed by atoms with van der Waals surface area (Å²) in [6.45, 7) is 3.26. The number of H-pyrrole nitrogens is 1. The Kier molecular flexibility index (Phi) is 19.0. The van der Waals surface area contributed by atoms with Crippen molar-refractivity contribution < 1.29 is 33.6 Å². The Hall–Kier alpha value is -5.72. The quantitative estimate of drug-likeness (QED) is 0.0294. The molecule has 19 heteroatoms. The molecule has 0 fully saturated rings. The molecule has 5 atom stereocenters. The molecule has 0 aliphatic rings. The van der Waals surface area contributed by atoms with E-state index < -0.39 is 71.6 Å². The summed E-state index contributed by atoms with van der Waals surface area (Å²) >= 11 is 0. The molecule has 1 aromatic heterocycles. The molecule has 19 nitrogen and oxygen atoms in total. The second-order valence-corrected chi connectivity index (χ2v) is 13.1. The molecule has 0 saturated carbocycles. The Labute approximate surface area is 314 Å². The van der Waals surface area contributed by atoms with Gasteiger partial charge in [0.05, 0.1) is 6.04 Å². The summed E-state index contributed by atoms with van der Waals surface area (Å²) in [5.41, 5.74) is 23.4. The lowest BCUT2D eigenvalue weighted by atomic mass is 10.0. The number of carbonyl (C=O) groups is 7. The molecular formula is C35H56N12O7. The molecule has 0 aliphatic heterocycles. The highest BCUT2D eigenvalue weighted by molar-refractivity contribution is 5.92. The molecule has 7 amide bonds. The highest BCUT2D eigenvalue weighted by Gasteiger charge is 2.28. The first-order chi connectivity index (χ1) is 25.6. The van der Waals surface area contributed by atoms with E-state index in [0.29, 0.717) is 19.3 Å². The average molecular weight is 757 g/mol. The van der Waals surface area contributed by atoms with Crippen LogP contribution < -0.4 is 54.8 Å². The van der Waals surface area contributed by atoms with E-state index in [1.807, 2.05) is 30.5 Å². The number of para-hydroxylation sites is 1. The lowest BCUT2D eigenvalue weighted by Crippen LogP contribution is -2.54. The van der Waals surface area contributed by atoms with Crippen LogP contribution in [0.3, 0.4) is 0 Å². The van der Waals surface area contributed by atoms with Gasteiger partial charge in [-0.2, -0.15) is 0 Å². The molecule has 0 radical (unpaired) electrons. The number of amides is 7. The molecule has 1 aromatic carbocycles. The summed E-state index contributed by atoms with van der Waals surface area (Å²) in [5, 5.41) is 17.3. The van der Waals surface area contributed by atoms with Crippen molar-refractivity contribution >= 4 is 58.2 Å². The molecule has 2 rings (SSSR count). The van der Waals surface area contributed by atoms with Gasteiger partial charge < -0.3 is 59.8 Å². The standard InChI is InChI=1S/C35H56N12O7/c1-20(12-14-29(36)49)44-32(52)27(47-33(53)26(45-21(2)48)11-7-17-42-35(38)39)13-15-30(50)41-16-6-10-25(31(37)51)46-34(54)28(40-3)18-22-19-43-24-9-5-4-8-23(22)24/h4-5,8-9,19-20,25-28,40,43H,6-7,10-18H2,1-3H3,(H2,36,49)(H2,37,51)(H,41,50)(H,44,52)(H,45,48)(H,46,54)(H,47,53)(H4,38,39,42)/t20-,25?,26+,27?,28+/m1/s1. The van der Waals surface area contributed by atoms with Gasteiger partial charge in [-0.05, 0) is 70.5 Å². The number of rotatable bonds is 25. The van der Waals surface area contributed by atoms with Gasteiger partial charge in [-0.15, -0.1) is 0 Å². The summed E-state index contributed by atoms with van der Waals surface area (Å²) < 4.78 is 0. The van der Waals surface area contributed by atoms with Gasteiger partial charge in [0.2, 0.25) is 41.4 Å². The van der Waals surface area contributed by atoms with Gasteiger partial charge in [-0.3, -0.25) is 38.6 Å². The maximum atomic E-state index is 13.2. The number of fused-ring (bicyclic) bond motifs is 1. The first kappa shape index (κ1) is 44.4. The largest absolute Gasteiger partial charge is 0.370 e. The number of benzene rings is 1. The smallest absolute Gasteiger partial charge is 0.243 e. The van der Waals surface area contributed by atoms with Gasteiger partial charge in [0.15, 0.2) is 5.96 Å². The maximum Gasteiger partial charge on any atom is 0.243 e. The summed E-state index contributed by atoms with van der Waals surface area (Å²) in [4.78, 5) is 94.7. The predicted octanol–water partition coefficient (Wildman–Crippen LogP) is -2.24. The molecule has 298 valence electrons. The second kappa shape index (κ2) is 23.1. The Bertz CT molecular complexity index is 1620. The average Bonchev–Trinajstić information content (AvgIpc) is 3.52. The fourth-order valence-electron chi connectivity index (χ4n) is 5.64. The first-order valence-electron chi connectivity index (χ1n) is 17.9. The first-order valence-corrected chi connectivity index (χ1v) is 17.9. The van der Waals surface area contributed by atoms with Crippen LogP contribution in [0.25, 0.3) is 10.9 Å². The van der Waals surface area contributed by atoms with E-state index in [9.17, 15) is 33.6 Å². The SMILES string of the molecule is CN[C@@H](Cc1c[nH]c2ccccc12)C(=O)NC(CCCNC(=O)CCC(NC(=O)[C@H](CCCN=C(N)N)NC(C)=O)C(=O)N[C@H](C)CCC(N)=O)C(N)=O. The number of nitrogens with zero attached hydrogens (tertiary/aromatic N) is 1. The van der Waals surface area contributed by atoms with Crippen molar-refractivity contribution in [1.29, 1.82) is 0 Å². The van der Waals surface area contributed by atoms with E-state index in [2.05, 4.69) is 41.9 Å². The molecule has 2 aromatic rings. The Morgan fingerprint density at radius 1 is 0.759 bits per heavy atom. The predicted molar refractivity (Wildman–Crippen MR) is 203 cm³/mol. The van der Waals surface area contributed by atoms with E-state index in [4.69, 9.17) is 22.9 Å². The van der Waals surface area contributed by atoms with Crippen LogP contribution in [0.1, 0.15) is 70.8 Å². The molecular weight excluding hydrogens is 700 g/mol. The Balaban J connectivity index is 1.97. The second-order valence-electron chi connectivity index (χ2n) is 13.1. The molecule has 0 aliphatic carbocycles. The summed E-state index contributed by atoms with van der Waals surface area (Å²) in [6, 6.07) is 3.43. The molecule has 0 bridgehead atoms. The van der Waals surface area contributed by atoms with Crippen LogP contribution in [0.15, 0.2) is 35.5 Å². The van der Waals surface area contributed by atoms with Crippen LogP contribution >= 0.6 is 0 Å². The number of aromatic nitrogens is 1. The number of likely N-dealkylation sites (N-methyl/N-ethyl adjacent to an activating group) is 1. The number of nitrogens with two attached hydrogens (primary N) is 4. The van der Waals surface area contributed by atoms with Gasteiger partial charge in [0.25, 0.3) is 0 Å². The zero-order chi connectivity index (χ0) is 40.2. The van der Waals surface area contributed by atoms with Crippen LogP contribution in [-0.4, -0.2) is 103 Å². The van der Waals surface area contributed by atoms with E-state index in [1.54, 1.807) is 14.0 Å². The topological polar surface area (TPSA) is 324 Å². The molecule has 15 N–H and O–H groups in total. The molecule has 2 unspecified atom stereocenters. The van der Waals surface area contributed by atoms with Crippen LogP contribution in [0.4, 0.5) is 0 Å². The zero-order valence-corrected chi connectivity index (χ0v) is 31.2. The number of hydrogen-bond donors (Lipinski definition) is 11. The summed E-state index contributed by atoms with van der Waals surface area (Å²) in [6.07, 6.45) is 3.19. The zero-order valence-electron chi connectivity index (χ0n) is 31.2. The van der Waals surface area contributed by atoms with Crippen molar-refractivity contribution in [1.82, 2.24) is 36.9 Å². The van der Waals surface area contributed by atoms with Gasteiger partial charge in [-0.25, -0.2) is 0 Å². The van der Waals surface area contributed by atoms with Gasteiger partial charge in [-0.1, -0.05) is 18.2 Å². The van der Waals surface area contributed by atoms with Gasteiger partial charge >= 0.3 is 0 Å². The van der Waals surface area contributed by atoms with Crippen molar-refractivity contribution in [3.63, 3.8) is 0 Å². The van der Waals surface area contributed by atoms with E-state index >= 15 is 0 Å². The lowest BCUT2D eigenvalue weighted by molar-refractivity contribution is -0.132. The van der Waals surface area contributed by atoms with Crippen molar-refractivity contribution in [2.45, 2.75) is 102 Å². The lowest BCUT2D eigenvalue weighted by Gasteiger charge is -2.24. The molecule has 0 saturated heterocycles. The number of nitrogens with one attached hydrogen (secondary N) is 7. The number of aliphatic imine (C=N–C) groups is 1. The van der Waals surface area contributed by atoms with E-state index in [-0.39, 0.29) is 57.6 Å². The van der Waals surface area contributed by atoms with Crippen molar-refractivity contribution in [2.24, 2.45) is 27.9 Å². The highest BCUT2D eigenvalue weighted by atomic mass is 16.2. The fourth-order valence-corrected chi connectivity index (χ4v) is 5.64. The van der Waals surface area contributed by atoms with E-state index in [1.165, 1.54) is 6.92 Å². The normalized spacial score (nSPS) is 13.7. The minimum Gasteiger partial charge on any atom is -0.370 e. The van der Waals surface area contributed by atoms with Crippen LogP contribution in [0.2, 0.25) is 0 Å². The number of hydrogen-bond acceptors (Lipinski definition) is 9. The van der Waals surface area contributed by atoms with Crippen molar-refractivity contribution in [3.05, 3.63) is 36.0 Å². The van der Waals surface area contributed by atoms with E-state index in [0.717, 1.165) is 16.5 Å². The summed E-state index contributed by atoms with van der Waals surface area (Å²) in [7, 11) is 1.65. The Morgan fingerprint density at radius 3 is 2.04 bits per heavy atom. The number of guanidine groups is 1. The monoisotopic (exact) mass is 756 g/mol. The van der Waals surface area contributed by atoms with Crippen molar-refractivity contribution in [2.75, 3.05) is 20.1 Å². The third-order valence-electron chi connectivity index (χ3n) is 8.56. The minimum atomic E-state index is -1.17. The van der Waals surface area contributed by atoms with Crippen LogP contribution in [-0.2, 0) is 40.0 Å². The minimum absolute atomic E-state index is 0.0304. The van der Waals surface area contributed by atoms with Gasteiger partial charge in [0.1, 0.15) is 18.1 Å². The number of aromatic amines is 1. The third kappa shape index (κ3) is 16.3. The summed E-state index contributed by atoms with van der Waals surface area (Å²) in [5.74, 6) is -3.94. The molecule has 54 heavy (non-hydrogen) atoms. The van der Waals surface area contributed by atoms with Crippen LogP contribution in [0.5, 0.6) is 0 Å². The van der Waals surface area contributed by atoms with Gasteiger partial charge in [0, 0.05) is 56.0 Å². The third-order valence-corrected chi connectivity index (χ3v) is 8.56. The number of primary amides is 2. The highest BCUT2D eigenvalue weighted by Crippen LogP contribution is 2.19. The van der Waals surface area contributed by atoms with Crippen LogP contribution in [0, 0.1) is 0 Å². The van der Waals surface area contributed by atoms with Crippen molar-refractivity contribution in [3.8, 4) is 0 Å².